The zero-order valence-electron chi connectivity index (χ0n) is 11.5. The Bertz CT molecular complexity index is 445. The van der Waals surface area contributed by atoms with Crippen LogP contribution in [-0.4, -0.2) is 49.9 Å². The predicted octanol–water partition coefficient (Wildman–Crippen LogP) is 1.84. The normalized spacial score (nSPS) is 18.8. The number of halogens is 2. The molecule has 5 nitrogen and oxygen atoms in total. The fourth-order valence-corrected chi connectivity index (χ4v) is 2.10. The molecule has 1 heterocycles. The number of hydrogen-bond donors (Lipinski definition) is 1. The van der Waals surface area contributed by atoms with Crippen LogP contribution in [0.5, 0.6) is 0 Å². The first-order valence-electron chi connectivity index (χ1n) is 6.74. The Morgan fingerprint density at radius 3 is 2.86 bits per heavy atom. The third-order valence-corrected chi connectivity index (χ3v) is 3.14. The van der Waals surface area contributed by atoms with Crippen molar-refractivity contribution in [3.63, 3.8) is 0 Å². The maximum Gasteiger partial charge on any atom is 0.410 e. The van der Waals surface area contributed by atoms with E-state index in [1.54, 1.807) is 0 Å². The highest BCUT2D eigenvalue weighted by molar-refractivity contribution is 5.67. The number of hydrogen-bond acceptors (Lipinski definition) is 4. The molecule has 0 spiro atoms. The molecule has 1 amide bonds. The summed E-state index contributed by atoms with van der Waals surface area (Å²) in [5, 5.41) is 3.03. The quantitative estimate of drug-likeness (QED) is 0.901. The molecule has 2 rings (SSSR count). The van der Waals surface area contributed by atoms with Crippen molar-refractivity contribution in [2.24, 2.45) is 0 Å². The van der Waals surface area contributed by atoms with Crippen LogP contribution < -0.4 is 5.32 Å². The van der Waals surface area contributed by atoms with Gasteiger partial charge in [0, 0.05) is 25.7 Å². The van der Waals surface area contributed by atoms with Crippen molar-refractivity contribution < 1.29 is 23.0 Å². The Morgan fingerprint density at radius 1 is 1.38 bits per heavy atom. The summed E-state index contributed by atoms with van der Waals surface area (Å²) in [6.45, 7) is -1.44. The van der Waals surface area contributed by atoms with E-state index in [1.807, 2.05) is 30.3 Å². The minimum atomic E-state index is -2.80. The molecule has 21 heavy (non-hydrogen) atoms. The predicted molar refractivity (Wildman–Crippen MR) is 71.9 cm³/mol. The molecule has 1 aliphatic rings. The lowest BCUT2D eigenvalue weighted by molar-refractivity contribution is -0.135. The Labute approximate surface area is 121 Å². The third kappa shape index (κ3) is 5.28. The molecule has 1 fully saturated rings. The second-order valence-corrected chi connectivity index (χ2v) is 4.73. The van der Waals surface area contributed by atoms with Gasteiger partial charge in [-0.25, -0.2) is 4.79 Å². The molecular weight excluding hydrogens is 282 g/mol. The summed E-state index contributed by atoms with van der Waals surface area (Å²) in [6.07, 6.45) is -0.442. The number of piperazine rings is 1. The van der Waals surface area contributed by atoms with Gasteiger partial charge in [-0.1, -0.05) is 30.3 Å². The molecule has 7 heteroatoms. The summed E-state index contributed by atoms with van der Waals surface area (Å²) in [7, 11) is 0. The van der Waals surface area contributed by atoms with Crippen molar-refractivity contribution in [3.8, 4) is 0 Å². The van der Waals surface area contributed by atoms with Crippen molar-refractivity contribution >= 4 is 6.09 Å². The number of ether oxygens (including phenoxy) is 2. The first-order valence-corrected chi connectivity index (χ1v) is 6.74. The molecule has 1 saturated heterocycles. The second-order valence-electron chi connectivity index (χ2n) is 4.73. The van der Waals surface area contributed by atoms with E-state index in [2.05, 4.69) is 10.1 Å². The molecule has 0 unspecified atom stereocenters. The molecule has 0 radical (unpaired) electrons. The lowest BCUT2D eigenvalue weighted by Crippen LogP contribution is -2.54. The summed E-state index contributed by atoms with van der Waals surface area (Å²) in [6, 6.07) is 9.04. The fraction of sp³-hybridized carbons (Fsp3) is 0.500. The van der Waals surface area contributed by atoms with Gasteiger partial charge >= 0.3 is 12.7 Å². The number of nitrogens with zero attached hydrogens (tertiary/aromatic N) is 1. The molecule has 0 aromatic heterocycles. The molecule has 1 aromatic carbocycles. The van der Waals surface area contributed by atoms with Gasteiger partial charge in [0.1, 0.15) is 6.61 Å². The highest BCUT2D eigenvalue weighted by atomic mass is 19.3. The first-order chi connectivity index (χ1) is 10.1. The van der Waals surface area contributed by atoms with Crippen LogP contribution in [0, 0.1) is 0 Å². The van der Waals surface area contributed by atoms with Gasteiger partial charge < -0.3 is 19.7 Å². The van der Waals surface area contributed by atoms with Crippen LogP contribution in [0.4, 0.5) is 13.6 Å². The second kappa shape index (κ2) is 7.90. The summed E-state index contributed by atoms with van der Waals surface area (Å²) in [4.78, 5) is 13.4. The molecule has 0 saturated carbocycles. The largest absolute Gasteiger partial charge is 0.445 e. The fourth-order valence-electron chi connectivity index (χ4n) is 2.10. The van der Waals surface area contributed by atoms with Gasteiger partial charge in [-0.05, 0) is 5.56 Å². The van der Waals surface area contributed by atoms with Gasteiger partial charge in [-0.3, -0.25) is 0 Å². The van der Waals surface area contributed by atoms with Gasteiger partial charge in [-0.15, -0.1) is 0 Å². The van der Waals surface area contributed by atoms with E-state index in [-0.39, 0.29) is 19.3 Å². The van der Waals surface area contributed by atoms with E-state index >= 15 is 0 Å². The molecule has 116 valence electrons. The van der Waals surface area contributed by atoms with Gasteiger partial charge in [-0.2, -0.15) is 8.78 Å². The van der Waals surface area contributed by atoms with E-state index in [0.29, 0.717) is 19.6 Å². The minimum Gasteiger partial charge on any atom is -0.445 e. The monoisotopic (exact) mass is 300 g/mol. The topological polar surface area (TPSA) is 50.8 Å². The van der Waals surface area contributed by atoms with Gasteiger partial charge in [0.2, 0.25) is 0 Å². The number of rotatable bonds is 5. The molecule has 1 N–H and O–H groups in total. The van der Waals surface area contributed by atoms with Crippen molar-refractivity contribution in [2.75, 3.05) is 26.2 Å². The highest BCUT2D eigenvalue weighted by Gasteiger charge is 2.25. The van der Waals surface area contributed by atoms with Crippen LogP contribution in [-0.2, 0) is 16.1 Å². The van der Waals surface area contributed by atoms with Crippen molar-refractivity contribution in [3.05, 3.63) is 35.9 Å². The Morgan fingerprint density at radius 2 is 2.14 bits per heavy atom. The van der Waals surface area contributed by atoms with Gasteiger partial charge in [0.25, 0.3) is 0 Å². The summed E-state index contributed by atoms with van der Waals surface area (Å²) < 4.78 is 33.5. The highest BCUT2D eigenvalue weighted by Crippen LogP contribution is 2.07. The van der Waals surface area contributed by atoms with Crippen LogP contribution >= 0.6 is 0 Å². The smallest absolute Gasteiger partial charge is 0.410 e. The lowest BCUT2D eigenvalue weighted by Gasteiger charge is -2.32. The lowest BCUT2D eigenvalue weighted by atomic mass is 10.2. The Balaban J connectivity index is 1.76. The third-order valence-electron chi connectivity index (χ3n) is 3.14. The number of nitrogens with one attached hydrogen (secondary N) is 1. The SMILES string of the molecule is O=C(OCc1ccccc1)N1CCN[C@H](COC(F)F)C1. The number of benzene rings is 1. The average Bonchev–Trinajstić information content (AvgIpc) is 2.52. The minimum absolute atomic E-state index is 0.139. The number of carbonyl (C=O) groups is 1. The molecule has 1 aliphatic heterocycles. The molecule has 0 aliphatic carbocycles. The first kappa shape index (κ1) is 15.7. The van der Waals surface area contributed by atoms with Crippen LogP contribution in [0.15, 0.2) is 30.3 Å². The Hall–Kier alpha value is -1.73. The molecule has 0 bridgehead atoms. The summed E-state index contributed by atoms with van der Waals surface area (Å²) in [5.41, 5.74) is 0.901. The zero-order valence-corrected chi connectivity index (χ0v) is 11.5. The number of alkyl halides is 2. The zero-order chi connectivity index (χ0) is 15.1. The van der Waals surface area contributed by atoms with E-state index < -0.39 is 12.7 Å². The van der Waals surface area contributed by atoms with Crippen LogP contribution in [0.1, 0.15) is 5.56 Å². The summed E-state index contributed by atoms with van der Waals surface area (Å²) in [5.74, 6) is 0. The molecular formula is C14H18F2N2O3. The number of amides is 1. The average molecular weight is 300 g/mol. The van der Waals surface area contributed by atoms with Gasteiger partial charge in [0.05, 0.1) is 6.61 Å². The maximum atomic E-state index is 12.0. The van der Waals surface area contributed by atoms with Gasteiger partial charge in [0.15, 0.2) is 0 Å². The van der Waals surface area contributed by atoms with Crippen molar-refractivity contribution in [1.82, 2.24) is 10.2 Å². The van der Waals surface area contributed by atoms with E-state index in [4.69, 9.17) is 4.74 Å². The standard InChI is InChI=1S/C14H18F2N2O3/c15-13(16)20-10-12-8-18(7-6-17-12)14(19)21-9-11-4-2-1-3-5-11/h1-5,12-13,17H,6-10H2/t12-/m0/s1. The van der Waals surface area contributed by atoms with Crippen LogP contribution in [0.2, 0.25) is 0 Å². The van der Waals surface area contributed by atoms with E-state index in [1.165, 1.54) is 4.90 Å². The molecule has 1 aromatic rings. The van der Waals surface area contributed by atoms with Crippen molar-refractivity contribution in [1.29, 1.82) is 0 Å². The number of carbonyl (C=O) groups excluding carboxylic acids is 1. The van der Waals surface area contributed by atoms with Crippen LogP contribution in [0.25, 0.3) is 0 Å². The molecule has 1 atom stereocenters. The Kier molecular flexibility index (Phi) is 5.89. The summed E-state index contributed by atoms with van der Waals surface area (Å²) >= 11 is 0. The maximum absolute atomic E-state index is 12.0. The van der Waals surface area contributed by atoms with Crippen molar-refractivity contribution in [2.45, 2.75) is 19.3 Å². The van der Waals surface area contributed by atoms with E-state index in [9.17, 15) is 13.6 Å². The van der Waals surface area contributed by atoms with Crippen LogP contribution in [0.3, 0.4) is 0 Å². The van der Waals surface area contributed by atoms with E-state index in [0.717, 1.165) is 5.56 Å².